The van der Waals surface area contributed by atoms with E-state index in [4.69, 9.17) is 9.15 Å². The molecule has 0 radical (unpaired) electrons. The Labute approximate surface area is 158 Å². The van der Waals surface area contributed by atoms with Gasteiger partial charge in [0.05, 0.1) is 6.61 Å². The Hall–Kier alpha value is -2.82. The summed E-state index contributed by atoms with van der Waals surface area (Å²) in [4.78, 5) is 19.4. The Morgan fingerprint density at radius 1 is 1.19 bits per heavy atom. The van der Waals surface area contributed by atoms with E-state index in [2.05, 4.69) is 11.9 Å². The first-order chi connectivity index (χ1) is 13.2. The molecule has 1 amide bonds. The number of piperidine rings is 1. The van der Waals surface area contributed by atoms with Gasteiger partial charge in [-0.05, 0) is 49.6 Å². The van der Waals surface area contributed by atoms with Crippen LogP contribution in [0.5, 0.6) is 5.75 Å². The molecule has 1 saturated heterocycles. The third-order valence-electron chi connectivity index (χ3n) is 5.00. The predicted octanol–water partition coefficient (Wildman–Crippen LogP) is 4.64. The fourth-order valence-electron chi connectivity index (χ4n) is 3.52. The van der Waals surface area contributed by atoms with E-state index in [0.717, 1.165) is 42.0 Å². The summed E-state index contributed by atoms with van der Waals surface area (Å²) in [5.74, 6) is 1.87. The van der Waals surface area contributed by atoms with Crippen LogP contribution in [0, 0.1) is 0 Å². The summed E-state index contributed by atoms with van der Waals surface area (Å²) in [6.07, 6.45) is 2.68. The van der Waals surface area contributed by atoms with Crippen LogP contribution in [0.2, 0.25) is 0 Å². The van der Waals surface area contributed by atoms with Gasteiger partial charge in [-0.15, -0.1) is 0 Å². The summed E-state index contributed by atoms with van der Waals surface area (Å²) in [7, 11) is 0. The Morgan fingerprint density at radius 2 is 2.00 bits per heavy atom. The van der Waals surface area contributed by atoms with E-state index in [1.165, 1.54) is 0 Å². The number of fused-ring (bicyclic) bond motifs is 1. The molecule has 5 heteroatoms. The van der Waals surface area contributed by atoms with Gasteiger partial charge in [0.1, 0.15) is 11.3 Å². The summed E-state index contributed by atoms with van der Waals surface area (Å²) in [6.45, 7) is 4.15. The average molecular weight is 364 g/mol. The first-order valence-electron chi connectivity index (χ1n) is 9.62. The molecule has 140 valence electrons. The predicted molar refractivity (Wildman–Crippen MR) is 104 cm³/mol. The molecule has 3 aromatic rings. The van der Waals surface area contributed by atoms with E-state index in [1.807, 2.05) is 53.4 Å². The van der Waals surface area contributed by atoms with Crippen LogP contribution in [-0.4, -0.2) is 35.5 Å². The van der Waals surface area contributed by atoms with Crippen molar-refractivity contribution in [2.24, 2.45) is 0 Å². The topological polar surface area (TPSA) is 55.6 Å². The molecule has 0 unspecified atom stereocenters. The van der Waals surface area contributed by atoms with Crippen molar-refractivity contribution in [2.45, 2.75) is 32.1 Å². The highest BCUT2D eigenvalue weighted by Gasteiger charge is 2.27. The fourth-order valence-corrected chi connectivity index (χ4v) is 3.52. The molecule has 1 fully saturated rings. The monoisotopic (exact) mass is 364 g/mol. The molecular weight excluding hydrogens is 340 g/mol. The van der Waals surface area contributed by atoms with Crippen LogP contribution in [0.25, 0.3) is 11.1 Å². The van der Waals surface area contributed by atoms with E-state index in [0.29, 0.717) is 25.3 Å². The Balaban J connectivity index is 1.40. The summed E-state index contributed by atoms with van der Waals surface area (Å²) >= 11 is 0. The SMILES string of the molecule is CCCOc1cccc(C(=O)N2CCC(c3nc4ccccc4o3)CC2)c1. The third kappa shape index (κ3) is 3.82. The largest absolute Gasteiger partial charge is 0.494 e. The van der Waals surface area contributed by atoms with Crippen LogP contribution in [0.4, 0.5) is 0 Å². The van der Waals surface area contributed by atoms with Gasteiger partial charge in [-0.2, -0.15) is 0 Å². The van der Waals surface area contributed by atoms with Crippen molar-refractivity contribution in [1.82, 2.24) is 9.88 Å². The lowest BCUT2D eigenvalue weighted by atomic mass is 9.96. The average Bonchev–Trinajstić information content (AvgIpc) is 3.16. The number of hydrogen-bond acceptors (Lipinski definition) is 4. The number of carbonyl (C=O) groups excluding carboxylic acids is 1. The lowest BCUT2D eigenvalue weighted by Crippen LogP contribution is -2.38. The lowest BCUT2D eigenvalue weighted by molar-refractivity contribution is 0.0706. The number of amides is 1. The quantitative estimate of drug-likeness (QED) is 0.662. The maximum Gasteiger partial charge on any atom is 0.253 e. The summed E-state index contributed by atoms with van der Waals surface area (Å²) in [6, 6.07) is 15.3. The van der Waals surface area contributed by atoms with Gasteiger partial charge in [-0.25, -0.2) is 4.98 Å². The Kier molecular flexibility index (Phi) is 5.10. The molecule has 1 aliphatic heterocycles. The molecule has 2 heterocycles. The zero-order valence-corrected chi connectivity index (χ0v) is 15.6. The van der Waals surface area contributed by atoms with Crippen molar-refractivity contribution in [2.75, 3.05) is 19.7 Å². The van der Waals surface area contributed by atoms with Crippen LogP contribution in [0.1, 0.15) is 48.4 Å². The number of likely N-dealkylation sites (tertiary alicyclic amines) is 1. The summed E-state index contributed by atoms with van der Waals surface area (Å²) < 4.78 is 11.6. The van der Waals surface area contributed by atoms with Gasteiger partial charge in [-0.1, -0.05) is 25.1 Å². The zero-order chi connectivity index (χ0) is 18.6. The van der Waals surface area contributed by atoms with Crippen LogP contribution < -0.4 is 4.74 Å². The molecule has 0 saturated carbocycles. The van der Waals surface area contributed by atoms with E-state index < -0.39 is 0 Å². The van der Waals surface area contributed by atoms with Crippen molar-refractivity contribution in [3.8, 4) is 5.75 Å². The summed E-state index contributed by atoms with van der Waals surface area (Å²) in [5.41, 5.74) is 2.41. The van der Waals surface area contributed by atoms with Crippen LogP contribution in [0.3, 0.4) is 0 Å². The molecule has 1 aliphatic rings. The van der Waals surface area contributed by atoms with Gasteiger partial charge in [-0.3, -0.25) is 4.79 Å². The molecule has 0 bridgehead atoms. The molecule has 0 atom stereocenters. The van der Waals surface area contributed by atoms with Crippen molar-refractivity contribution in [3.05, 3.63) is 60.0 Å². The third-order valence-corrected chi connectivity index (χ3v) is 5.00. The van der Waals surface area contributed by atoms with Gasteiger partial charge in [0.15, 0.2) is 11.5 Å². The fraction of sp³-hybridized carbons (Fsp3) is 0.364. The minimum Gasteiger partial charge on any atom is -0.494 e. The van der Waals surface area contributed by atoms with Crippen molar-refractivity contribution >= 4 is 17.0 Å². The maximum atomic E-state index is 12.8. The van der Waals surface area contributed by atoms with Crippen LogP contribution in [0.15, 0.2) is 52.9 Å². The van der Waals surface area contributed by atoms with Crippen molar-refractivity contribution < 1.29 is 13.9 Å². The number of para-hydroxylation sites is 2. The molecule has 0 N–H and O–H groups in total. The molecule has 4 rings (SSSR count). The molecule has 2 aromatic carbocycles. The highest BCUT2D eigenvalue weighted by molar-refractivity contribution is 5.94. The number of nitrogens with zero attached hydrogens (tertiary/aromatic N) is 2. The second-order valence-electron chi connectivity index (χ2n) is 6.96. The van der Waals surface area contributed by atoms with Crippen LogP contribution in [-0.2, 0) is 0 Å². The minimum atomic E-state index is 0.0629. The van der Waals surface area contributed by atoms with Gasteiger partial charge in [0, 0.05) is 24.6 Å². The molecule has 0 aliphatic carbocycles. The Bertz CT molecular complexity index is 893. The molecule has 5 nitrogen and oxygen atoms in total. The second-order valence-corrected chi connectivity index (χ2v) is 6.96. The number of rotatable bonds is 5. The molecule has 1 aromatic heterocycles. The highest BCUT2D eigenvalue weighted by Crippen LogP contribution is 2.30. The van der Waals surface area contributed by atoms with E-state index in [1.54, 1.807) is 0 Å². The minimum absolute atomic E-state index is 0.0629. The van der Waals surface area contributed by atoms with E-state index in [9.17, 15) is 4.79 Å². The maximum absolute atomic E-state index is 12.8. The standard InChI is InChI=1S/C22H24N2O3/c1-2-14-26-18-7-5-6-17(15-18)22(25)24-12-10-16(11-13-24)21-23-19-8-3-4-9-20(19)27-21/h3-9,15-16H,2,10-14H2,1H3. The van der Waals surface area contributed by atoms with Gasteiger partial charge in [0.2, 0.25) is 0 Å². The highest BCUT2D eigenvalue weighted by atomic mass is 16.5. The van der Waals surface area contributed by atoms with Gasteiger partial charge >= 0.3 is 0 Å². The molecular formula is C22H24N2O3. The van der Waals surface area contributed by atoms with Gasteiger partial charge in [0.25, 0.3) is 5.91 Å². The first kappa shape index (κ1) is 17.6. The normalized spacial score (nSPS) is 15.2. The zero-order valence-electron chi connectivity index (χ0n) is 15.6. The van der Waals surface area contributed by atoms with Crippen LogP contribution >= 0.6 is 0 Å². The van der Waals surface area contributed by atoms with Crippen molar-refractivity contribution in [1.29, 1.82) is 0 Å². The van der Waals surface area contributed by atoms with E-state index >= 15 is 0 Å². The number of hydrogen-bond donors (Lipinski definition) is 0. The number of benzene rings is 2. The second kappa shape index (κ2) is 7.82. The summed E-state index contributed by atoms with van der Waals surface area (Å²) in [5, 5.41) is 0. The van der Waals surface area contributed by atoms with Gasteiger partial charge < -0.3 is 14.1 Å². The molecule has 0 spiro atoms. The first-order valence-corrected chi connectivity index (χ1v) is 9.62. The molecule has 27 heavy (non-hydrogen) atoms. The number of aromatic nitrogens is 1. The number of carbonyl (C=O) groups is 1. The Morgan fingerprint density at radius 3 is 2.78 bits per heavy atom. The number of ether oxygens (including phenoxy) is 1. The smallest absolute Gasteiger partial charge is 0.253 e. The lowest BCUT2D eigenvalue weighted by Gasteiger charge is -2.30. The van der Waals surface area contributed by atoms with E-state index in [-0.39, 0.29) is 11.8 Å². The van der Waals surface area contributed by atoms with Crippen molar-refractivity contribution in [3.63, 3.8) is 0 Å². The number of oxazole rings is 1.